The molecule has 9 nitrogen and oxygen atoms in total. The quantitative estimate of drug-likeness (QED) is 0.420. The Labute approximate surface area is 207 Å². The van der Waals surface area contributed by atoms with Gasteiger partial charge in [0.2, 0.25) is 0 Å². The highest BCUT2D eigenvalue weighted by molar-refractivity contribution is 7.92. The number of alkyl carbamates (subject to hydrolysis) is 1. The molecule has 1 unspecified atom stereocenters. The summed E-state index contributed by atoms with van der Waals surface area (Å²) >= 11 is 0. The van der Waals surface area contributed by atoms with Crippen LogP contribution in [-0.4, -0.2) is 51.5 Å². The molecule has 0 aromatic heterocycles. The molecule has 0 radical (unpaired) electrons. The molecule has 1 fully saturated rings. The number of hydrogen-bond donors (Lipinski definition) is 3. The van der Waals surface area contributed by atoms with Crippen LogP contribution in [0.2, 0.25) is 0 Å². The summed E-state index contributed by atoms with van der Waals surface area (Å²) in [5, 5.41) is 13.6. The van der Waals surface area contributed by atoms with Crippen molar-refractivity contribution < 1.29 is 27.8 Å². The van der Waals surface area contributed by atoms with E-state index in [0.29, 0.717) is 38.2 Å². The Kier molecular flexibility index (Phi) is 8.85. The smallest absolute Gasteiger partial charge is 0.407 e. The zero-order valence-corrected chi connectivity index (χ0v) is 21.3. The molecule has 3 rings (SSSR count). The van der Waals surface area contributed by atoms with Crippen molar-refractivity contribution in [1.82, 2.24) is 5.32 Å². The number of rotatable bonds is 10. The van der Waals surface area contributed by atoms with E-state index in [9.17, 15) is 18.3 Å². The Hall–Kier alpha value is -2.98. The fourth-order valence-corrected chi connectivity index (χ4v) is 5.45. The first-order chi connectivity index (χ1) is 16.6. The molecular formula is C25H35N3O6S. The van der Waals surface area contributed by atoms with Gasteiger partial charge < -0.3 is 25.6 Å². The molecule has 0 spiro atoms. The van der Waals surface area contributed by atoms with Gasteiger partial charge in [-0.1, -0.05) is 19.9 Å². The van der Waals surface area contributed by atoms with Crippen molar-refractivity contribution in [2.45, 2.75) is 57.1 Å². The minimum absolute atomic E-state index is 0.0279. The Morgan fingerprint density at radius 3 is 2.54 bits per heavy atom. The first kappa shape index (κ1) is 26.6. The van der Waals surface area contributed by atoms with E-state index < -0.39 is 16.1 Å². The minimum Gasteiger partial charge on any atom is -0.506 e. The predicted octanol–water partition coefficient (Wildman–Crippen LogP) is 3.66. The monoisotopic (exact) mass is 505 g/mol. The van der Waals surface area contributed by atoms with Gasteiger partial charge in [0.1, 0.15) is 11.9 Å². The van der Waals surface area contributed by atoms with Gasteiger partial charge in [-0.15, -0.1) is 0 Å². The molecule has 4 N–H and O–H groups in total. The lowest BCUT2D eigenvalue weighted by molar-refractivity contribution is 0.0810. The first-order valence-corrected chi connectivity index (χ1v) is 13.3. The van der Waals surface area contributed by atoms with Crippen LogP contribution in [0.4, 0.5) is 16.2 Å². The van der Waals surface area contributed by atoms with Gasteiger partial charge in [0.15, 0.2) is 0 Å². The van der Waals surface area contributed by atoms with E-state index in [1.165, 1.54) is 28.6 Å². The fourth-order valence-electron chi connectivity index (χ4n) is 3.81. The van der Waals surface area contributed by atoms with Gasteiger partial charge in [-0.05, 0) is 67.6 Å². The van der Waals surface area contributed by atoms with Gasteiger partial charge in [-0.25, -0.2) is 13.2 Å². The zero-order chi connectivity index (χ0) is 25.6. The number of sulfonamides is 1. The molecule has 1 aliphatic heterocycles. The minimum atomic E-state index is -3.90. The van der Waals surface area contributed by atoms with Crippen LogP contribution < -0.4 is 15.4 Å². The van der Waals surface area contributed by atoms with Crippen LogP contribution in [0.3, 0.4) is 0 Å². The summed E-state index contributed by atoms with van der Waals surface area (Å²) in [6, 6.07) is 10.8. The number of benzene rings is 2. The van der Waals surface area contributed by atoms with Gasteiger partial charge in [-0.2, -0.15) is 0 Å². The number of aryl methyl sites for hydroxylation is 1. The van der Waals surface area contributed by atoms with E-state index in [0.717, 1.165) is 5.56 Å². The van der Waals surface area contributed by atoms with Crippen LogP contribution in [-0.2, 0) is 25.9 Å². The van der Waals surface area contributed by atoms with Gasteiger partial charge in [0.25, 0.3) is 10.0 Å². The molecule has 192 valence electrons. The number of nitrogens with zero attached hydrogens (tertiary/aromatic N) is 1. The molecule has 0 aliphatic carbocycles. The summed E-state index contributed by atoms with van der Waals surface area (Å²) in [6.45, 7) is 6.93. The van der Waals surface area contributed by atoms with Crippen molar-refractivity contribution in [3.8, 4) is 5.75 Å². The summed E-state index contributed by atoms with van der Waals surface area (Å²) in [6.07, 6.45) is 1.23. The summed E-state index contributed by atoms with van der Waals surface area (Å²) in [7, 11) is -3.90. The second-order valence-electron chi connectivity index (χ2n) is 9.30. The van der Waals surface area contributed by atoms with E-state index in [-0.39, 0.29) is 40.9 Å². The summed E-state index contributed by atoms with van der Waals surface area (Å²) < 4.78 is 38.5. The van der Waals surface area contributed by atoms with E-state index in [2.05, 4.69) is 5.32 Å². The number of aromatic hydroxyl groups is 1. The number of anilines is 2. The molecule has 2 aromatic rings. The lowest BCUT2D eigenvalue weighted by Gasteiger charge is -2.27. The SMILES string of the molecule is CC(C)CN(c1ccc(CC[C@H](C)NC(=O)OC2CCOC2)cc1O)S(=O)(=O)c1ccc(N)cc1. The van der Waals surface area contributed by atoms with Crippen molar-refractivity contribution in [2.75, 3.05) is 29.8 Å². The van der Waals surface area contributed by atoms with Gasteiger partial charge in [0.05, 0.1) is 23.8 Å². The van der Waals surface area contributed by atoms with Crippen molar-refractivity contribution in [3.05, 3.63) is 48.0 Å². The number of hydrogen-bond acceptors (Lipinski definition) is 7. The van der Waals surface area contributed by atoms with Crippen LogP contribution in [0.15, 0.2) is 47.4 Å². The summed E-state index contributed by atoms with van der Waals surface area (Å²) in [4.78, 5) is 12.1. The lowest BCUT2D eigenvalue weighted by atomic mass is 10.1. The molecule has 1 amide bonds. The van der Waals surface area contributed by atoms with Crippen LogP contribution in [0, 0.1) is 5.92 Å². The van der Waals surface area contributed by atoms with Crippen molar-refractivity contribution in [1.29, 1.82) is 0 Å². The molecule has 2 aromatic carbocycles. The summed E-state index contributed by atoms with van der Waals surface area (Å²) in [5.74, 6) is -0.0940. The number of amides is 1. The largest absolute Gasteiger partial charge is 0.506 e. The van der Waals surface area contributed by atoms with Crippen LogP contribution in [0.5, 0.6) is 5.75 Å². The predicted molar refractivity (Wildman–Crippen MR) is 135 cm³/mol. The number of ether oxygens (including phenoxy) is 2. The van der Waals surface area contributed by atoms with E-state index in [4.69, 9.17) is 15.2 Å². The molecule has 0 bridgehead atoms. The lowest BCUT2D eigenvalue weighted by Crippen LogP contribution is -2.36. The molecule has 1 heterocycles. The summed E-state index contributed by atoms with van der Waals surface area (Å²) in [5.41, 5.74) is 7.22. The maximum Gasteiger partial charge on any atom is 0.407 e. The Balaban J connectivity index is 1.68. The van der Waals surface area contributed by atoms with Gasteiger partial charge >= 0.3 is 6.09 Å². The molecular weight excluding hydrogens is 470 g/mol. The van der Waals surface area contributed by atoms with Gasteiger partial charge in [-0.3, -0.25) is 4.31 Å². The average molecular weight is 506 g/mol. The van der Waals surface area contributed by atoms with E-state index in [1.54, 1.807) is 18.2 Å². The third-order valence-corrected chi connectivity index (χ3v) is 7.49. The Morgan fingerprint density at radius 2 is 1.94 bits per heavy atom. The van der Waals surface area contributed by atoms with Crippen molar-refractivity contribution in [2.24, 2.45) is 5.92 Å². The number of nitrogens with one attached hydrogen (secondary N) is 1. The number of nitrogen functional groups attached to an aromatic ring is 1. The number of carbonyl (C=O) groups excluding carboxylic acids is 1. The third kappa shape index (κ3) is 7.25. The molecule has 1 saturated heterocycles. The number of phenolic OH excluding ortho intramolecular Hbond substituents is 1. The second-order valence-corrected chi connectivity index (χ2v) is 11.2. The maximum absolute atomic E-state index is 13.4. The third-order valence-electron chi connectivity index (χ3n) is 5.70. The Morgan fingerprint density at radius 1 is 1.23 bits per heavy atom. The van der Waals surface area contributed by atoms with Crippen LogP contribution >= 0.6 is 0 Å². The van der Waals surface area contributed by atoms with Gasteiger partial charge in [0, 0.05) is 24.7 Å². The second kappa shape index (κ2) is 11.6. The van der Waals surface area contributed by atoms with Crippen molar-refractivity contribution in [3.63, 3.8) is 0 Å². The molecule has 1 aliphatic rings. The fraction of sp³-hybridized carbons (Fsp3) is 0.480. The van der Waals surface area contributed by atoms with E-state index in [1.807, 2.05) is 20.8 Å². The molecule has 10 heteroatoms. The van der Waals surface area contributed by atoms with Crippen molar-refractivity contribution >= 4 is 27.5 Å². The first-order valence-electron chi connectivity index (χ1n) is 11.8. The number of phenols is 1. The highest BCUT2D eigenvalue weighted by Crippen LogP contribution is 2.34. The molecule has 0 saturated carbocycles. The van der Waals surface area contributed by atoms with Crippen LogP contribution in [0.25, 0.3) is 0 Å². The topological polar surface area (TPSA) is 131 Å². The van der Waals surface area contributed by atoms with E-state index >= 15 is 0 Å². The standard InChI is InChI=1S/C25H35N3O6S/c1-17(2)15-28(35(31,32)22-9-7-20(26)8-10-22)23-11-6-19(14-24(23)29)5-4-18(3)27-25(30)34-21-12-13-33-16-21/h6-11,14,17-18,21,29H,4-5,12-13,15-16,26H2,1-3H3,(H,27,30)/t18-,21?/m0/s1. The Bertz CT molecular complexity index is 1100. The molecule has 35 heavy (non-hydrogen) atoms. The molecule has 2 atom stereocenters. The zero-order valence-electron chi connectivity index (χ0n) is 20.4. The van der Waals surface area contributed by atoms with Crippen LogP contribution in [0.1, 0.15) is 39.2 Å². The maximum atomic E-state index is 13.4. The number of nitrogens with two attached hydrogens (primary N) is 1. The highest BCUT2D eigenvalue weighted by Gasteiger charge is 2.28. The highest BCUT2D eigenvalue weighted by atomic mass is 32.2. The normalized spacial score (nSPS) is 16.7. The average Bonchev–Trinajstić information content (AvgIpc) is 3.29. The number of carbonyl (C=O) groups is 1.